The molecule has 0 aliphatic heterocycles. The molecule has 28 heavy (non-hydrogen) atoms. The molecule has 0 spiro atoms. The second kappa shape index (κ2) is 8.41. The van der Waals surface area contributed by atoms with Crippen molar-refractivity contribution in [2.24, 2.45) is 0 Å². The number of nitrogens with one attached hydrogen (secondary N) is 1. The molecule has 2 aromatic rings. The number of phenolic OH excluding ortho intramolecular Hbond substituents is 1. The molecule has 0 aliphatic rings. The van der Waals surface area contributed by atoms with E-state index < -0.39 is 27.6 Å². The van der Waals surface area contributed by atoms with Crippen LogP contribution in [0.5, 0.6) is 5.75 Å². The number of benzene rings is 2. The summed E-state index contributed by atoms with van der Waals surface area (Å²) < 4.78 is 30.7. The lowest BCUT2D eigenvalue weighted by Gasteiger charge is -2.21. The number of aromatic hydroxyl groups is 1. The van der Waals surface area contributed by atoms with E-state index in [4.69, 9.17) is 0 Å². The van der Waals surface area contributed by atoms with Crippen LogP contribution >= 0.6 is 0 Å². The van der Waals surface area contributed by atoms with Gasteiger partial charge in [-0.1, -0.05) is 6.07 Å². The molecule has 0 unspecified atom stereocenters. The molecule has 2 rings (SSSR count). The Morgan fingerprint density at radius 3 is 2.25 bits per heavy atom. The second-order valence-corrected chi connectivity index (χ2v) is 8.28. The van der Waals surface area contributed by atoms with Crippen molar-refractivity contribution in [1.29, 1.82) is 0 Å². The van der Waals surface area contributed by atoms with Gasteiger partial charge in [-0.25, -0.2) is 13.2 Å². The molecular formula is C19H22N2O6S. The topological polar surface area (TPSA) is 113 Å². The number of sulfonamides is 1. The minimum atomic E-state index is -3.65. The van der Waals surface area contributed by atoms with Gasteiger partial charge in [0.25, 0.3) is 5.91 Å². The Hall–Kier alpha value is -2.91. The summed E-state index contributed by atoms with van der Waals surface area (Å²) >= 11 is 0. The van der Waals surface area contributed by atoms with Crippen LogP contribution in [-0.4, -0.2) is 49.9 Å². The summed E-state index contributed by atoms with van der Waals surface area (Å²) in [7, 11) is -0.990. The molecule has 0 fully saturated rings. The van der Waals surface area contributed by atoms with E-state index in [1.807, 2.05) is 0 Å². The Morgan fingerprint density at radius 1 is 1.11 bits per heavy atom. The largest absolute Gasteiger partial charge is 0.505 e. The molecular weight excluding hydrogens is 384 g/mol. The molecule has 0 saturated carbocycles. The zero-order valence-corrected chi connectivity index (χ0v) is 16.8. The maximum Gasteiger partial charge on any atom is 0.341 e. The van der Waals surface area contributed by atoms with Crippen molar-refractivity contribution < 1.29 is 27.9 Å². The summed E-state index contributed by atoms with van der Waals surface area (Å²) in [5, 5.41) is 12.6. The van der Waals surface area contributed by atoms with Gasteiger partial charge in [-0.05, 0) is 50.2 Å². The fourth-order valence-corrected chi connectivity index (χ4v) is 3.70. The van der Waals surface area contributed by atoms with E-state index in [-0.39, 0.29) is 27.8 Å². The van der Waals surface area contributed by atoms with Crippen LogP contribution in [0.2, 0.25) is 0 Å². The number of carbonyl (C=O) groups is 2. The zero-order chi connectivity index (χ0) is 21.1. The van der Waals surface area contributed by atoms with E-state index in [1.54, 1.807) is 13.8 Å². The van der Waals surface area contributed by atoms with E-state index >= 15 is 0 Å². The molecule has 0 saturated heterocycles. The van der Waals surface area contributed by atoms with E-state index in [0.29, 0.717) is 0 Å². The van der Waals surface area contributed by atoms with Crippen LogP contribution in [-0.2, 0) is 14.8 Å². The van der Waals surface area contributed by atoms with Crippen LogP contribution in [0.4, 0.5) is 5.69 Å². The number of hydrogen-bond donors (Lipinski definition) is 2. The van der Waals surface area contributed by atoms with Crippen molar-refractivity contribution in [3.05, 3.63) is 53.6 Å². The van der Waals surface area contributed by atoms with E-state index in [0.717, 1.165) is 0 Å². The molecule has 2 N–H and O–H groups in total. The molecule has 0 aromatic heterocycles. The highest BCUT2D eigenvalue weighted by atomic mass is 32.2. The smallest absolute Gasteiger partial charge is 0.341 e. The maximum atomic E-state index is 12.5. The average molecular weight is 406 g/mol. The monoisotopic (exact) mass is 406 g/mol. The SMILES string of the molecule is COC(=O)c1cccc(NC(=O)c2ccc(S(=O)(=O)N(C)C(C)C)cc2)c1O. The van der Waals surface area contributed by atoms with E-state index in [1.165, 1.54) is 60.9 Å². The first kappa shape index (κ1) is 21.4. The van der Waals surface area contributed by atoms with E-state index in [9.17, 15) is 23.1 Å². The fraction of sp³-hybridized carbons (Fsp3) is 0.263. The van der Waals surface area contributed by atoms with Crippen LogP contribution in [0, 0.1) is 0 Å². The number of phenols is 1. The lowest BCUT2D eigenvalue weighted by atomic mass is 10.1. The number of ether oxygens (including phenoxy) is 1. The Kier molecular flexibility index (Phi) is 6.42. The predicted molar refractivity (Wildman–Crippen MR) is 104 cm³/mol. The van der Waals surface area contributed by atoms with E-state index in [2.05, 4.69) is 10.1 Å². The minimum absolute atomic E-state index is 0.0316. The highest BCUT2D eigenvalue weighted by Crippen LogP contribution is 2.28. The summed E-state index contributed by atoms with van der Waals surface area (Å²) in [5.74, 6) is -1.73. The van der Waals surface area contributed by atoms with Crippen LogP contribution in [0.15, 0.2) is 47.4 Å². The van der Waals surface area contributed by atoms with Gasteiger partial charge in [-0.3, -0.25) is 4.79 Å². The first-order valence-electron chi connectivity index (χ1n) is 8.39. The van der Waals surface area contributed by atoms with Gasteiger partial charge < -0.3 is 15.2 Å². The van der Waals surface area contributed by atoms with Gasteiger partial charge in [0.05, 0.1) is 17.7 Å². The molecule has 0 aliphatic carbocycles. The normalized spacial score (nSPS) is 11.5. The number of carbonyl (C=O) groups excluding carboxylic acids is 2. The number of amides is 1. The lowest BCUT2D eigenvalue weighted by molar-refractivity contribution is 0.0597. The Labute approximate surface area is 163 Å². The summed E-state index contributed by atoms with van der Waals surface area (Å²) in [6.45, 7) is 3.52. The number of anilines is 1. The fourth-order valence-electron chi connectivity index (χ4n) is 2.34. The molecule has 0 bridgehead atoms. The van der Waals surface area contributed by atoms with Gasteiger partial charge in [0, 0.05) is 18.7 Å². The number of methoxy groups -OCH3 is 1. The third kappa shape index (κ3) is 4.32. The summed E-state index contributed by atoms with van der Waals surface area (Å²) in [6, 6.07) is 9.49. The van der Waals surface area contributed by atoms with Crippen LogP contribution < -0.4 is 5.32 Å². The van der Waals surface area contributed by atoms with Gasteiger partial charge in [0.2, 0.25) is 10.0 Å². The highest BCUT2D eigenvalue weighted by Gasteiger charge is 2.23. The van der Waals surface area contributed by atoms with Gasteiger partial charge in [-0.2, -0.15) is 4.31 Å². The molecule has 8 nitrogen and oxygen atoms in total. The van der Waals surface area contributed by atoms with Crippen molar-refractivity contribution >= 4 is 27.6 Å². The summed E-state index contributed by atoms with van der Waals surface area (Å²) in [4.78, 5) is 24.1. The second-order valence-electron chi connectivity index (χ2n) is 6.29. The highest BCUT2D eigenvalue weighted by molar-refractivity contribution is 7.89. The first-order chi connectivity index (χ1) is 13.1. The van der Waals surface area contributed by atoms with Crippen molar-refractivity contribution in [3.8, 4) is 5.75 Å². The Morgan fingerprint density at radius 2 is 1.71 bits per heavy atom. The lowest BCUT2D eigenvalue weighted by Crippen LogP contribution is -2.33. The van der Waals surface area contributed by atoms with Gasteiger partial charge in [-0.15, -0.1) is 0 Å². The third-order valence-electron chi connectivity index (χ3n) is 4.21. The van der Waals surface area contributed by atoms with Crippen molar-refractivity contribution in [2.45, 2.75) is 24.8 Å². The van der Waals surface area contributed by atoms with Gasteiger partial charge in [0.15, 0.2) is 5.75 Å². The first-order valence-corrected chi connectivity index (χ1v) is 9.83. The molecule has 0 heterocycles. The zero-order valence-electron chi connectivity index (χ0n) is 16.0. The molecule has 0 radical (unpaired) electrons. The number of esters is 1. The average Bonchev–Trinajstić information content (AvgIpc) is 2.68. The maximum absolute atomic E-state index is 12.5. The van der Waals surface area contributed by atoms with Crippen molar-refractivity contribution in [1.82, 2.24) is 4.31 Å². The summed E-state index contributed by atoms with van der Waals surface area (Å²) in [5.41, 5.74) is 0.136. The van der Waals surface area contributed by atoms with Crippen LogP contribution in [0.3, 0.4) is 0 Å². The Balaban J connectivity index is 2.24. The Bertz CT molecular complexity index is 984. The summed E-state index contributed by atoms with van der Waals surface area (Å²) in [6.07, 6.45) is 0. The molecule has 2 aromatic carbocycles. The van der Waals surface area contributed by atoms with Crippen LogP contribution in [0.1, 0.15) is 34.6 Å². The number of rotatable bonds is 6. The quantitative estimate of drug-likeness (QED) is 0.563. The number of para-hydroxylation sites is 1. The van der Waals surface area contributed by atoms with Gasteiger partial charge in [0.1, 0.15) is 5.56 Å². The molecule has 150 valence electrons. The number of hydrogen-bond acceptors (Lipinski definition) is 6. The van der Waals surface area contributed by atoms with Crippen LogP contribution in [0.25, 0.3) is 0 Å². The minimum Gasteiger partial charge on any atom is -0.505 e. The third-order valence-corrected chi connectivity index (χ3v) is 6.26. The molecule has 0 atom stereocenters. The van der Waals surface area contributed by atoms with Gasteiger partial charge >= 0.3 is 5.97 Å². The number of nitrogens with zero attached hydrogens (tertiary/aromatic N) is 1. The van der Waals surface area contributed by atoms with Crippen molar-refractivity contribution in [3.63, 3.8) is 0 Å². The molecule has 1 amide bonds. The molecule has 9 heteroatoms. The standard InChI is InChI=1S/C19H22N2O6S/c1-12(2)21(3)28(25,26)14-10-8-13(9-11-14)18(23)20-16-7-5-6-15(17(16)22)19(24)27-4/h5-12,22H,1-4H3,(H,20,23). The van der Waals surface area contributed by atoms with Crippen molar-refractivity contribution in [2.75, 3.05) is 19.5 Å². The predicted octanol–water partition coefficient (Wildman–Crippen LogP) is 2.46.